The van der Waals surface area contributed by atoms with Gasteiger partial charge in [0.05, 0.1) is 54.7 Å². The molecule has 5 aromatic carbocycles. The number of amides is 2. The van der Waals surface area contributed by atoms with Gasteiger partial charge in [-0.1, -0.05) is 200 Å². The number of rotatable bonds is 32. The van der Waals surface area contributed by atoms with E-state index in [0.717, 1.165) is 50.1 Å². The maximum Gasteiger partial charge on any atom is 0.338 e. The highest BCUT2D eigenvalue weighted by molar-refractivity contribution is 6.14. The number of carbonyl (C=O) groups is 8. The van der Waals surface area contributed by atoms with Crippen LogP contribution in [0, 0.1) is 48.7 Å². The first kappa shape index (κ1) is 84.6. The molecule has 19 heteroatoms. The lowest BCUT2D eigenvalue weighted by Gasteiger charge is -2.43. The molecule has 2 amide bonds. The first-order valence-corrected chi connectivity index (χ1v) is 40.0. The number of methoxy groups -OCH3 is 3. The molecule has 0 saturated heterocycles. The largest absolute Gasteiger partial charge is 0.497 e. The summed E-state index contributed by atoms with van der Waals surface area (Å²) in [5, 5.41) is 0. The SMILES string of the molecule is CCCN(CCC)C(=O)C1=C(C(=O)OCC(COC(=O)C2=C(C(=O)OCC(COC(=O)C3=C(C(=O)N(CCC)CCC)C4(C)C(c5ccc(OC)cc5)=C(C)C3(C)C4(C)C)OC(=O)c3ccccc3)C3(C)C(c4ccc(OC)cc4)=C(C)C2(C)C3(C)C)OC(=O)c2ccccc2)C2(C)C(C)=C(c3ccc(OC)cc3)C1(C)C2(C)C. The second-order valence-corrected chi connectivity index (χ2v) is 33.8. The van der Waals surface area contributed by atoms with E-state index in [9.17, 15) is 9.59 Å². The molecule has 6 bridgehead atoms. The van der Waals surface area contributed by atoms with Gasteiger partial charge in [-0.05, 0) is 157 Å². The summed E-state index contributed by atoms with van der Waals surface area (Å²) in [6, 6.07) is 39.2. The maximum absolute atomic E-state index is 16.1. The van der Waals surface area contributed by atoms with Crippen LogP contribution < -0.4 is 14.2 Å². The van der Waals surface area contributed by atoms with Crippen molar-refractivity contribution in [1.82, 2.24) is 9.80 Å². The van der Waals surface area contributed by atoms with Crippen LogP contribution in [0.4, 0.5) is 0 Å². The van der Waals surface area contributed by atoms with Gasteiger partial charge in [0.25, 0.3) is 11.8 Å². The molecule has 8 atom stereocenters. The molecule has 6 aliphatic rings. The zero-order chi connectivity index (χ0) is 83.4. The normalized spacial score (nSPS) is 24.4. The summed E-state index contributed by atoms with van der Waals surface area (Å²) in [5.74, 6) is -3.90. The van der Waals surface area contributed by atoms with Crippen LogP contribution in [-0.2, 0) is 57.2 Å². The lowest BCUT2D eigenvalue weighted by atomic mass is 9.59. The minimum Gasteiger partial charge on any atom is -0.497 e. The maximum atomic E-state index is 16.1. The Morgan fingerprint density at radius 1 is 0.307 bits per heavy atom. The Morgan fingerprint density at radius 2 is 0.535 bits per heavy atom. The average molecular weight is 1560 g/mol. The van der Waals surface area contributed by atoms with Crippen molar-refractivity contribution < 1.29 is 81.0 Å². The molecule has 11 rings (SSSR count). The predicted octanol–water partition coefficient (Wildman–Crippen LogP) is 17.4. The predicted molar refractivity (Wildman–Crippen MR) is 437 cm³/mol. The summed E-state index contributed by atoms with van der Waals surface area (Å²) in [4.78, 5) is 127. The van der Waals surface area contributed by atoms with Crippen molar-refractivity contribution in [2.45, 2.75) is 169 Å². The van der Waals surface area contributed by atoms with Crippen LogP contribution in [0.15, 0.2) is 184 Å². The molecule has 0 aromatic heterocycles. The van der Waals surface area contributed by atoms with Gasteiger partial charge in [-0.25, -0.2) is 28.8 Å². The monoisotopic (exact) mass is 1550 g/mol. The van der Waals surface area contributed by atoms with E-state index < -0.39 is 123 Å². The Morgan fingerprint density at radius 3 is 0.772 bits per heavy atom. The number of nitrogens with zero attached hydrogens (tertiary/aromatic N) is 2. The number of benzene rings is 5. The fourth-order valence-electron chi connectivity index (χ4n) is 20.5. The van der Waals surface area contributed by atoms with E-state index in [1.165, 1.54) is 0 Å². The second kappa shape index (κ2) is 31.8. The number of esters is 6. The second-order valence-electron chi connectivity index (χ2n) is 33.8. The van der Waals surface area contributed by atoms with Gasteiger partial charge in [0, 0.05) is 69.8 Å². The molecule has 0 fully saturated rings. The highest BCUT2D eigenvalue weighted by Crippen LogP contribution is 2.81. The smallest absolute Gasteiger partial charge is 0.338 e. The van der Waals surface area contributed by atoms with E-state index in [4.69, 9.17) is 42.6 Å². The molecule has 0 aliphatic heterocycles. The number of allylic oxidation sites excluding steroid dienone is 6. The van der Waals surface area contributed by atoms with Crippen molar-refractivity contribution in [3.63, 3.8) is 0 Å². The Hall–Kier alpha value is -10.3. The fraction of sp³-hybridized carbons (Fsp3) is 0.474. The molecule has 0 saturated carbocycles. The third-order valence-electron chi connectivity index (χ3n) is 28.2. The van der Waals surface area contributed by atoms with E-state index >= 15 is 28.8 Å². The topological polar surface area (TPSA) is 226 Å². The van der Waals surface area contributed by atoms with Crippen molar-refractivity contribution >= 4 is 64.3 Å². The summed E-state index contributed by atoms with van der Waals surface area (Å²) in [6.07, 6.45) is -0.308. The van der Waals surface area contributed by atoms with Crippen molar-refractivity contribution in [3.8, 4) is 17.2 Å². The lowest BCUT2D eigenvalue weighted by molar-refractivity contribution is -0.152. The molecular weight excluding hydrogens is 1440 g/mol. The van der Waals surface area contributed by atoms with E-state index in [1.54, 1.807) is 91.8 Å². The molecule has 0 spiro atoms. The molecule has 19 nitrogen and oxygen atoms in total. The lowest BCUT2D eigenvalue weighted by Crippen LogP contribution is -2.42. The average Bonchev–Trinajstić information content (AvgIpc) is 1.49. The van der Waals surface area contributed by atoms with Gasteiger partial charge in [-0.2, -0.15) is 0 Å². The number of fused-ring (bicyclic) bond motifs is 6. The molecule has 114 heavy (non-hydrogen) atoms. The highest BCUT2D eigenvalue weighted by Gasteiger charge is 2.76. The van der Waals surface area contributed by atoms with Crippen LogP contribution in [-0.4, -0.2) is 144 Å². The van der Waals surface area contributed by atoms with Crippen LogP contribution in [0.1, 0.15) is 195 Å². The van der Waals surface area contributed by atoms with E-state index in [1.807, 2.05) is 177 Å². The van der Waals surface area contributed by atoms with Crippen LogP contribution in [0.2, 0.25) is 0 Å². The van der Waals surface area contributed by atoms with Crippen LogP contribution in [0.25, 0.3) is 16.7 Å². The molecule has 0 N–H and O–H groups in total. The molecular formula is C95H114N2O17. The summed E-state index contributed by atoms with van der Waals surface area (Å²) < 4.78 is 55.0. The minimum atomic E-state index is -1.49. The van der Waals surface area contributed by atoms with Crippen molar-refractivity contribution in [2.75, 3.05) is 73.9 Å². The van der Waals surface area contributed by atoms with Gasteiger partial charge < -0.3 is 52.4 Å². The van der Waals surface area contributed by atoms with Crippen molar-refractivity contribution in [2.24, 2.45) is 48.7 Å². The van der Waals surface area contributed by atoms with Crippen molar-refractivity contribution in [1.29, 1.82) is 0 Å². The van der Waals surface area contributed by atoms with E-state index in [0.29, 0.717) is 80.3 Å². The Balaban J connectivity index is 0.966. The first-order chi connectivity index (χ1) is 53.9. The van der Waals surface area contributed by atoms with E-state index in [-0.39, 0.29) is 45.2 Å². The zero-order valence-electron chi connectivity index (χ0n) is 70.7. The quantitative estimate of drug-likeness (QED) is 0.0288. The summed E-state index contributed by atoms with van der Waals surface area (Å²) in [6.45, 7) is 37.0. The summed E-state index contributed by atoms with van der Waals surface area (Å²) in [7, 11) is 4.76. The third kappa shape index (κ3) is 12.8. The van der Waals surface area contributed by atoms with Gasteiger partial charge in [-0.15, -0.1) is 0 Å². The number of carbonyl (C=O) groups excluding carboxylic acids is 8. The number of hydrogen-bond acceptors (Lipinski definition) is 17. The summed E-state index contributed by atoms with van der Waals surface area (Å²) in [5.41, 5.74) is -0.929. The van der Waals surface area contributed by atoms with E-state index in [2.05, 4.69) is 27.7 Å². The highest BCUT2D eigenvalue weighted by atomic mass is 16.6. The van der Waals surface area contributed by atoms with Gasteiger partial charge in [0.1, 0.15) is 43.7 Å². The van der Waals surface area contributed by atoms with Crippen LogP contribution in [0.5, 0.6) is 17.2 Å². The summed E-state index contributed by atoms with van der Waals surface area (Å²) >= 11 is 0. The molecule has 0 heterocycles. The minimum absolute atomic E-state index is 0.0659. The number of hydrogen-bond donors (Lipinski definition) is 0. The molecule has 6 aliphatic carbocycles. The Bertz CT molecular complexity index is 4830. The standard InChI is InChI=1S/C95H114N2O17/c1-23-49-96(50-24-2)79(98)73-75(90(14)57(5)70(93(73,17)87(90,8)9)60-37-43-65(106-20)44-38-60)83(102)109-53-68(113-81(100)63-33-29-27-30-34-63)55-111-85(104)77-78(95(19)72(59(7)92(77,16)89(95,12)13)62-41-47-67(108-22)48-42-62)86(105)112-56-69(114-82(101)64-35-31-28-32-36-64)54-110-84(103)76-74(80(99)97(51-25-3)52-26-4)94(18)71(58(6)91(76,15)88(94,10)11)61-39-45-66(107-21)46-40-61/h27-48,68-69H,23-26,49-56H2,1-22H3. The Labute approximate surface area is 672 Å². The third-order valence-corrected chi connectivity index (χ3v) is 28.2. The zero-order valence-corrected chi connectivity index (χ0v) is 70.7. The van der Waals surface area contributed by atoms with Crippen molar-refractivity contribution in [3.05, 3.63) is 211 Å². The first-order valence-electron chi connectivity index (χ1n) is 40.0. The van der Waals surface area contributed by atoms with Crippen LogP contribution in [0.3, 0.4) is 0 Å². The number of ether oxygens (including phenoxy) is 9. The van der Waals surface area contributed by atoms with Gasteiger partial charge >= 0.3 is 35.8 Å². The van der Waals surface area contributed by atoms with Gasteiger partial charge in [0.15, 0.2) is 12.2 Å². The fourth-order valence-corrected chi connectivity index (χ4v) is 20.5. The van der Waals surface area contributed by atoms with Gasteiger partial charge in [-0.3, -0.25) is 9.59 Å². The molecule has 8 unspecified atom stereocenters. The van der Waals surface area contributed by atoms with Crippen LogP contribution >= 0.6 is 0 Å². The Kier molecular flexibility index (Phi) is 23.6. The van der Waals surface area contributed by atoms with Gasteiger partial charge in [0.2, 0.25) is 0 Å². The molecule has 606 valence electrons. The molecule has 5 aromatic rings. The molecule has 0 radical (unpaired) electrons.